The van der Waals surface area contributed by atoms with Crippen LogP contribution in [0, 0.1) is 6.92 Å². The highest BCUT2D eigenvalue weighted by atomic mass is 16.2. The lowest BCUT2D eigenvalue weighted by Crippen LogP contribution is -2.37. The molecular weight excluding hydrogens is 244 g/mol. The van der Waals surface area contributed by atoms with E-state index in [0.29, 0.717) is 12.5 Å². The standard InChI is InChI=1S/C12H20N6O/c1-9-7-14-12(16-13)15-11(9)17(2)8-10(19)18-5-3-4-6-18/h7H,3-6,8,13H2,1-2H3,(H,14,15,16). The lowest BCUT2D eigenvalue weighted by molar-refractivity contribution is -0.128. The number of likely N-dealkylation sites (N-methyl/N-ethyl adjacent to an activating group) is 1. The van der Waals surface area contributed by atoms with E-state index >= 15 is 0 Å². The normalized spacial score (nSPS) is 14.6. The molecule has 0 aromatic carbocycles. The lowest BCUT2D eigenvalue weighted by atomic mass is 10.3. The Hall–Kier alpha value is -1.89. The number of hydrazine groups is 1. The van der Waals surface area contributed by atoms with Gasteiger partial charge in [-0.3, -0.25) is 10.2 Å². The third kappa shape index (κ3) is 3.11. The van der Waals surface area contributed by atoms with Crippen LogP contribution in [0.25, 0.3) is 0 Å². The van der Waals surface area contributed by atoms with Crippen LogP contribution in [-0.4, -0.2) is 47.5 Å². The van der Waals surface area contributed by atoms with Gasteiger partial charge in [0.2, 0.25) is 11.9 Å². The second kappa shape index (κ2) is 5.83. The Labute approximate surface area is 112 Å². The van der Waals surface area contributed by atoms with Gasteiger partial charge < -0.3 is 9.80 Å². The first-order valence-corrected chi connectivity index (χ1v) is 6.41. The molecule has 1 fully saturated rings. The molecule has 19 heavy (non-hydrogen) atoms. The van der Waals surface area contributed by atoms with Gasteiger partial charge in [0.1, 0.15) is 5.82 Å². The average molecular weight is 264 g/mol. The van der Waals surface area contributed by atoms with Crippen LogP contribution in [-0.2, 0) is 4.79 Å². The zero-order valence-electron chi connectivity index (χ0n) is 11.4. The maximum atomic E-state index is 12.1. The van der Waals surface area contributed by atoms with Crippen molar-refractivity contribution in [2.75, 3.05) is 37.0 Å². The molecule has 1 aromatic heterocycles. The first-order valence-electron chi connectivity index (χ1n) is 6.41. The number of amides is 1. The molecule has 0 aliphatic carbocycles. The van der Waals surface area contributed by atoms with Gasteiger partial charge in [-0.15, -0.1) is 0 Å². The van der Waals surface area contributed by atoms with E-state index in [1.807, 2.05) is 23.8 Å². The van der Waals surface area contributed by atoms with Gasteiger partial charge in [-0.2, -0.15) is 4.98 Å². The molecule has 0 atom stereocenters. The smallest absolute Gasteiger partial charge is 0.242 e. The minimum absolute atomic E-state index is 0.139. The molecule has 1 saturated heterocycles. The number of likely N-dealkylation sites (tertiary alicyclic amines) is 1. The SMILES string of the molecule is Cc1cnc(NN)nc1N(C)CC(=O)N1CCCC1. The van der Waals surface area contributed by atoms with E-state index in [-0.39, 0.29) is 5.91 Å². The Kier molecular flexibility index (Phi) is 4.16. The van der Waals surface area contributed by atoms with Crippen LogP contribution in [0.3, 0.4) is 0 Å². The van der Waals surface area contributed by atoms with Gasteiger partial charge in [-0.1, -0.05) is 0 Å². The molecule has 7 heteroatoms. The van der Waals surface area contributed by atoms with Crippen LogP contribution in [0.4, 0.5) is 11.8 Å². The number of nitrogens with one attached hydrogen (secondary N) is 1. The molecule has 1 amide bonds. The predicted molar refractivity (Wildman–Crippen MR) is 73.7 cm³/mol. The summed E-state index contributed by atoms with van der Waals surface area (Å²) in [5, 5.41) is 0. The quantitative estimate of drug-likeness (QED) is 0.593. The van der Waals surface area contributed by atoms with E-state index in [9.17, 15) is 4.79 Å². The zero-order valence-corrected chi connectivity index (χ0v) is 11.4. The first-order chi connectivity index (χ1) is 9.11. The fourth-order valence-electron chi connectivity index (χ4n) is 2.23. The number of carbonyl (C=O) groups is 1. The van der Waals surface area contributed by atoms with Gasteiger partial charge in [0, 0.05) is 31.9 Å². The molecule has 104 valence electrons. The number of nitrogens with zero attached hydrogens (tertiary/aromatic N) is 4. The highest BCUT2D eigenvalue weighted by Crippen LogP contribution is 2.17. The summed E-state index contributed by atoms with van der Waals surface area (Å²) in [4.78, 5) is 24.1. The summed E-state index contributed by atoms with van der Waals surface area (Å²) in [5.74, 6) is 6.51. The topological polar surface area (TPSA) is 87.4 Å². The van der Waals surface area contributed by atoms with Crippen LogP contribution in [0.5, 0.6) is 0 Å². The van der Waals surface area contributed by atoms with Crippen molar-refractivity contribution in [1.82, 2.24) is 14.9 Å². The van der Waals surface area contributed by atoms with Gasteiger partial charge in [0.25, 0.3) is 0 Å². The number of hydrogen-bond donors (Lipinski definition) is 2. The van der Waals surface area contributed by atoms with Crippen molar-refractivity contribution in [3.05, 3.63) is 11.8 Å². The summed E-state index contributed by atoms with van der Waals surface area (Å²) in [5.41, 5.74) is 3.33. The highest BCUT2D eigenvalue weighted by Gasteiger charge is 2.20. The van der Waals surface area contributed by atoms with Gasteiger partial charge in [0.15, 0.2) is 0 Å². The number of aromatic nitrogens is 2. The van der Waals surface area contributed by atoms with Crippen LogP contribution < -0.4 is 16.2 Å². The largest absolute Gasteiger partial charge is 0.350 e. The molecule has 3 N–H and O–H groups in total. The maximum Gasteiger partial charge on any atom is 0.242 e. The summed E-state index contributed by atoms with van der Waals surface area (Å²) < 4.78 is 0. The van der Waals surface area contributed by atoms with Crippen molar-refractivity contribution >= 4 is 17.7 Å². The Balaban J connectivity index is 2.06. The number of nitrogens with two attached hydrogens (primary N) is 1. The number of rotatable bonds is 4. The van der Waals surface area contributed by atoms with E-state index in [2.05, 4.69) is 15.4 Å². The third-order valence-corrected chi connectivity index (χ3v) is 3.27. The summed E-state index contributed by atoms with van der Waals surface area (Å²) in [6.45, 7) is 3.96. The molecule has 7 nitrogen and oxygen atoms in total. The van der Waals surface area contributed by atoms with Gasteiger partial charge >= 0.3 is 0 Å². The zero-order chi connectivity index (χ0) is 13.8. The predicted octanol–water partition coefficient (Wildman–Crippen LogP) is 0.129. The fraction of sp³-hybridized carbons (Fsp3) is 0.583. The second-order valence-corrected chi connectivity index (χ2v) is 4.79. The Morgan fingerprint density at radius 2 is 2.21 bits per heavy atom. The number of nitrogen functional groups attached to an aromatic ring is 1. The number of aryl methyl sites for hydroxylation is 1. The van der Waals surface area contributed by atoms with Crippen LogP contribution >= 0.6 is 0 Å². The first kappa shape index (κ1) is 13.5. The third-order valence-electron chi connectivity index (χ3n) is 3.27. The molecular formula is C12H20N6O. The van der Waals surface area contributed by atoms with Crippen molar-refractivity contribution in [3.8, 4) is 0 Å². The molecule has 0 radical (unpaired) electrons. The maximum absolute atomic E-state index is 12.1. The van der Waals surface area contributed by atoms with E-state index in [4.69, 9.17) is 5.84 Å². The minimum Gasteiger partial charge on any atom is -0.350 e. The van der Waals surface area contributed by atoms with Gasteiger partial charge in [0.05, 0.1) is 6.54 Å². The molecule has 1 aromatic rings. The summed E-state index contributed by atoms with van der Waals surface area (Å²) in [6.07, 6.45) is 3.89. The minimum atomic E-state index is 0.139. The average Bonchev–Trinajstić information content (AvgIpc) is 2.93. The molecule has 1 aliphatic rings. The lowest BCUT2D eigenvalue weighted by Gasteiger charge is -2.23. The van der Waals surface area contributed by atoms with Gasteiger partial charge in [-0.25, -0.2) is 10.8 Å². The number of carbonyl (C=O) groups excluding carboxylic acids is 1. The fourth-order valence-corrected chi connectivity index (χ4v) is 2.23. The van der Waals surface area contributed by atoms with Crippen molar-refractivity contribution < 1.29 is 4.79 Å². The molecule has 1 aliphatic heterocycles. The summed E-state index contributed by atoms with van der Waals surface area (Å²) >= 11 is 0. The van der Waals surface area contributed by atoms with Crippen molar-refractivity contribution in [1.29, 1.82) is 0 Å². The Morgan fingerprint density at radius 3 is 2.84 bits per heavy atom. The van der Waals surface area contributed by atoms with E-state index in [0.717, 1.165) is 37.3 Å². The van der Waals surface area contributed by atoms with Crippen LogP contribution in [0.1, 0.15) is 18.4 Å². The van der Waals surface area contributed by atoms with Crippen molar-refractivity contribution in [3.63, 3.8) is 0 Å². The van der Waals surface area contributed by atoms with E-state index in [1.165, 1.54) is 0 Å². The molecule has 2 rings (SSSR count). The Morgan fingerprint density at radius 1 is 1.53 bits per heavy atom. The molecule has 0 bridgehead atoms. The molecule has 2 heterocycles. The monoisotopic (exact) mass is 264 g/mol. The number of hydrogen-bond acceptors (Lipinski definition) is 6. The number of anilines is 2. The molecule has 0 spiro atoms. The summed E-state index contributed by atoms with van der Waals surface area (Å²) in [6, 6.07) is 0. The summed E-state index contributed by atoms with van der Waals surface area (Å²) in [7, 11) is 1.85. The van der Waals surface area contributed by atoms with E-state index < -0.39 is 0 Å². The van der Waals surface area contributed by atoms with Crippen LogP contribution in [0.2, 0.25) is 0 Å². The van der Waals surface area contributed by atoms with E-state index in [1.54, 1.807) is 6.20 Å². The molecule has 0 unspecified atom stereocenters. The highest BCUT2D eigenvalue weighted by molar-refractivity contribution is 5.81. The second-order valence-electron chi connectivity index (χ2n) is 4.79. The van der Waals surface area contributed by atoms with Crippen molar-refractivity contribution in [2.24, 2.45) is 5.84 Å². The van der Waals surface area contributed by atoms with Crippen LogP contribution in [0.15, 0.2) is 6.20 Å². The Bertz CT molecular complexity index is 458. The van der Waals surface area contributed by atoms with Gasteiger partial charge in [-0.05, 0) is 19.8 Å². The van der Waals surface area contributed by atoms with Crippen molar-refractivity contribution in [2.45, 2.75) is 19.8 Å². The molecule has 0 saturated carbocycles.